The van der Waals surface area contributed by atoms with Gasteiger partial charge >= 0.3 is 5.97 Å². The second-order valence-electron chi connectivity index (χ2n) is 5.75. The molecular weight excluding hydrogens is 282 g/mol. The quantitative estimate of drug-likeness (QED) is 0.677. The lowest BCUT2D eigenvalue weighted by Crippen LogP contribution is -2.46. The number of imide groups is 1. The smallest absolute Gasteiger partial charge is 0.327 e. The number of amides is 2. The predicted octanol–water partition coefficient (Wildman–Crippen LogP) is 1.63. The summed E-state index contributed by atoms with van der Waals surface area (Å²) in [6, 6.07) is 7.93. The van der Waals surface area contributed by atoms with E-state index in [1.165, 1.54) is 0 Å². The Morgan fingerprint density at radius 3 is 2.14 bits per heavy atom. The summed E-state index contributed by atoms with van der Waals surface area (Å²) in [4.78, 5) is 37.6. The maximum absolute atomic E-state index is 12.5. The molecule has 114 valence electrons. The Balaban J connectivity index is 1.87. The van der Waals surface area contributed by atoms with Crippen LogP contribution in [0.25, 0.3) is 0 Å². The van der Waals surface area contributed by atoms with Crippen molar-refractivity contribution in [2.75, 3.05) is 0 Å². The minimum absolute atomic E-state index is 0.139. The Labute approximate surface area is 128 Å². The second-order valence-corrected chi connectivity index (χ2v) is 5.75. The fraction of sp³-hybridized carbons (Fsp3) is 0.353. The van der Waals surface area contributed by atoms with Gasteiger partial charge in [0, 0.05) is 6.42 Å². The van der Waals surface area contributed by atoms with Crippen molar-refractivity contribution in [3.63, 3.8) is 0 Å². The molecule has 5 nitrogen and oxygen atoms in total. The first-order chi connectivity index (χ1) is 10.6. The molecule has 2 aliphatic rings. The SMILES string of the molecule is O=C(O)[C@@H](Cc1ccccc1)N1C(=O)[C@H]2CC=CC[C@@H]2C1=O. The van der Waals surface area contributed by atoms with Crippen LogP contribution in [0.1, 0.15) is 18.4 Å². The van der Waals surface area contributed by atoms with Crippen LogP contribution in [0.4, 0.5) is 0 Å². The fourth-order valence-corrected chi connectivity index (χ4v) is 3.26. The average molecular weight is 299 g/mol. The summed E-state index contributed by atoms with van der Waals surface area (Å²) in [6.45, 7) is 0. The molecule has 3 rings (SSSR count). The molecule has 22 heavy (non-hydrogen) atoms. The summed E-state index contributed by atoms with van der Waals surface area (Å²) in [5.41, 5.74) is 0.795. The van der Waals surface area contributed by atoms with E-state index in [0.29, 0.717) is 12.8 Å². The van der Waals surface area contributed by atoms with Crippen LogP contribution in [0, 0.1) is 11.8 Å². The first kappa shape index (κ1) is 14.5. The van der Waals surface area contributed by atoms with Crippen molar-refractivity contribution in [1.82, 2.24) is 4.90 Å². The van der Waals surface area contributed by atoms with Gasteiger partial charge in [-0.05, 0) is 18.4 Å². The second kappa shape index (κ2) is 5.75. The third-order valence-electron chi connectivity index (χ3n) is 4.41. The van der Waals surface area contributed by atoms with Crippen LogP contribution in [0.5, 0.6) is 0 Å². The fourth-order valence-electron chi connectivity index (χ4n) is 3.26. The highest BCUT2D eigenvalue weighted by Gasteiger charge is 2.51. The van der Waals surface area contributed by atoms with Gasteiger partial charge < -0.3 is 5.11 Å². The van der Waals surface area contributed by atoms with E-state index >= 15 is 0 Å². The van der Waals surface area contributed by atoms with Crippen LogP contribution in [-0.2, 0) is 20.8 Å². The molecule has 1 aromatic carbocycles. The molecule has 1 heterocycles. The van der Waals surface area contributed by atoms with E-state index in [1.54, 1.807) is 12.1 Å². The standard InChI is InChI=1S/C17H17NO4/c19-15-12-8-4-5-9-13(12)16(20)18(15)14(17(21)22)10-11-6-2-1-3-7-11/h1-7,12-14H,8-10H2,(H,21,22)/t12-,13-,14+/m0/s1. The summed E-state index contributed by atoms with van der Waals surface area (Å²) >= 11 is 0. The maximum Gasteiger partial charge on any atom is 0.327 e. The largest absolute Gasteiger partial charge is 0.480 e. The number of carboxylic acids is 1. The van der Waals surface area contributed by atoms with Crippen molar-refractivity contribution in [3.8, 4) is 0 Å². The number of carbonyl (C=O) groups is 3. The number of nitrogens with zero attached hydrogens (tertiary/aromatic N) is 1. The zero-order valence-corrected chi connectivity index (χ0v) is 12.0. The normalized spacial score (nSPS) is 25.2. The van der Waals surface area contributed by atoms with Crippen LogP contribution in [0.2, 0.25) is 0 Å². The van der Waals surface area contributed by atoms with Gasteiger partial charge in [0.1, 0.15) is 6.04 Å². The van der Waals surface area contributed by atoms with Crippen molar-refractivity contribution >= 4 is 17.8 Å². The van der Waals surface area contributed by atoms with Crippen LogP contribution >= 0.6 is 0 Å². The molecule has 1 fully saturated rings. The molecule has 1 N–H and O–H groups in total. The van der Waals surface area contributed by atoms with Crippen molar-refractivity contribution in [1.29, 1.82) is 0 Å². The van der Waals surface area contributed by atoms with Gasteiger partial charge in [0.2, 0.25) is 11.8 Å². The summed E-state index contributed by atoms with van der Waals surface area (Å²) < 4.78 is 0. The first-order valence-electron chi connectivity index (χ1n) is 7.38. The molecule has 1 aliphatic heterocycles. The van der Waals surface area contributed by atoms with Crippen LogP contribution in [0.15, 0.2) is 42.5 Å². The number of fused-ring (bicyclic) bond motifs is 1. The van der Waals surface area contributed by atoms with Gasteiger partial charge in [-0.1, -0.05) is 42.5 Å². The Morgan fingerprint density at radius 2 is 1.64 bits per heavy atom. The Bertz CT molecular complexity index is 611. The molecule has 3 atom stereocenters. The lowest BCUT2D eigenvalue weighted by molar-refractivity contribution is -0.155. The molecule has 1 aliphatic carbocycles. The molecule has 0 aromatic heterocycles. The van der Waals surface area contributed by atoms with Gasteiger partial charge in [-0.15, -0.1) is 0 Å². The van der Waals surface area contributed by atoms with Gasteiger partial charge in [0.15, 0.2) is 0 Å². The zero-order chi connectivity index (χ0) is 15.7. The lowest BCUT2D eigenvalue weighted by Gasteiger charge is -2.23. The van der Waals surface area contributed by atoms with Gasteiger partial charge in [-0.3, -0.25) is 14.5 Å². The summed E-state index contributed by atoms with van der Waals surface area (Å²) in [5, 5.41) is 9.50. The third-order valence-corrected chi connectivity index (χ3v) is 4.41. The van der Waals surface area contributed by atoms with E-state index in [9.17, 15) is 19.5 Å². The topological polar surface area (TPSA) is 74.7 Å². The van der Waals surface area contributed by atoms with Crippen molar-refractivity contribution in [3.05, 3.63) is 48.0 Å². The van der Waals surface area contributed by atoms with Gasteiger partial charge in [0.25, 0.3) is 0 Å². The highest BCUT2D eigenvalue weighted by Crippen LogP contribution is 2.36. The van der Waals surface area contributed by atoms with E-state index in [-0.39, 0.29) is 18.2 Å². The van der Waals surface area contributed by atoms with Crippen molar-refractivity contribution in [2.24, 2.45) is 11.8 Å². The highest BCUT2D eigenvalue weighted by atomic mass is 16.4. The number of hydrogen-bond acceptors (Lipinski definition) is 3. The van der Waals surface area contributed by atoms with Gasteiger partial charge in [0.05, 0.1) is 11.8 Å². The molecule has 0 unspecified atom stereocenters. The van der Waals surface area contributed by atoms with E-state index in [4.69, 9.17) is 0 Å². The zero-order valence-electron chi connectivity index (χ0n) is 12.0. The van der Waals surface area contributed by atoms with Crippen molar-refractivity contribution in [2.45, 2.75) is 25.3 Å². The number of hydrogen-bond donors (Lipinski definition) is 1. The molecule has 0 spiro atoms. The van der Waals surface area contributed by atoms with Gasteiger partial charge in [-0.25, -0.2) is 4.79 Å². The molecule has 1 aromatic rings. The average Bonchev–Trinajstić information content (AvgIpc) is 2.78. The predicted molar refractivity (Wildman–Crippen MR) is 78.8 cm³/mol. The molecule has 2 amide bonds. The van der Waals surface area contributed by atoms with Crippen molar-refractivity contribution < 1.29 is 19.5 Å². The number of aliphatic carboxylic acids is 1. The van der Waals surface area contributed by atoms with Crippen LogP contribution < -0.4 is 0 Å². The van der Waals surface area contributed by atoms with Crippen LogP contribution in [-0.4, -0.2) is 33.8 Å². The molecule has 0 radical (unpaired) electrons. The summed E-state index contributed by atoms with van der Waals surface area (Å²) in [6.07, 6.45) is 4.96. The minimum Gasteiger partial charge on any atom is -0.480 e. The number of carboxylic acid groups (broad SMARTS) is 1. The van der Waals surface area contributed by atoms with E-state index in [1.807, 2.05) is 30.4 Å². The molecular formula is C17H17NO4. The Morgan fingerprint density at radius 1 is 1.09 bits per heavy atom. The number of likely N-dealkylation sites (tertiary alicyclic amines) is 1. The first-order valence-corrected chi connectivity index (χ1v) is 7.38. The number of allylic oxidation sites excluding steroid dienone is 2. The molecule has 0 saturated carbocycles. The monoisotopic (exact) mass is 299 g/mol. The Hall–Kier alpha value is -2.43. The third kappa shape index (κ3) is 2.43. The number of carbonyl (C=O) groups excluding carboxylic acids is 2. The van der Waals surface area contributed by atoms with Gasteiger partial charge in [-0.2, -0.15) is 0 Å². The highest BCUT2D eigenvalue weighted by molar-refractivity contribution is 6.08. The number of rotatable bonds is 4. The van der Waals surface area contributed by atoms with E-state index in [2.05, 4.69) is 0 Å². The molecule has 0 bridgehead atoms. The number of benzene rings is 1. The summed E-state index contributed by atoms with van der Waals surface area (Å²) in [5.74, 6) is -2.62. The molecule has 5 heteroatoms. The van der Waals surface area contributed by atoms with E-state index in [0.717, 1.165) is 10.5 Å². The lowest BCUT2D eigenvalue weighted by atomic mass is 9.85. The maximum atomic E-state index is 12.5. The summed E-state index contributed by atoms with van der Waals surface area (Å²) in [7, 11) is 0. The van der Waals surface area contributed by atoms with E-state index < -0.39 is 23.8 Å². The molecule has 1 saturated heterocycles. The minimum atomic E-state index is -1.14. The Kier molecular flexibility index (Phi) is 3.79. The van der Waals surface area contributed by atoms with Crippen LogP contribution in [0.3, 0.4) is 0 Å².